The summed E-state index contributed by atoms with van der Waals surface area (Å²) < 4.78 is 0. The van der Waals surface area contributed by atoms with E-state index in [1.807, 2.05) is 30.3 Å². The van der Waals surface area contributed by atoms with Gasteiger partial charge in [0.1, 0.15) is 0 Å². The van der Waals surface area contributed by atoms with Crippen LogP contribution in [0.15, 0.2) is 60.7 Å². The Morgan fingerprint density at radius 2 is 1.78 bits per heavy atom. The molecule has 0 unspecified atom stereocenters. The summed E-state index contributed by atoms with van der Waals surface area (Å²) in [4.78, 5) is 24.0. The maximum absolute atomic E-state index is 12.0. The molecule has 23 heavy (non-hydrogen) atoms. The van der Waals surface area contributed by atoms with Crippen LogP contribution in [-0.4, -0.2) is 17.9 Å². The van der Waals surface area contributed by atoms with E-state index in [2.05, 4.69) is 10.6 Å². The van der Waals surface area contributed by atoms with Gasteiger partial charge in [-0.15, -0.1) is 0 Å². The summed E-state index contributed by atoms with van der Waals surface area (Å²) >= 11 is 0. The lowest BCUT2D eigenvalue weighted by atomic mass is 10.2. The van der Waals surface area contributed by atoms with Crippen LogP contribution in [0.3, 0.4) is 0 Å². The number of hydrogen-bond donors (Lipinski definition) is 2. The van der Waals surface area contributed by atoms with Crippen molar-refractivity contribution >= 4 is 23.6 Å². The quantitative estimate of drug-likeness (QED) is 0.833. The maximum atomic E-state index is 12.0. The minimum absolute atomic E-state index is 0.0940. The van der Waals surface area contributed by atoms with Gasteiger partial charge in [-0.25, -0.2) is 0 Å². The first-order valence-corrected chi connectivity index (χ1v) is 7.66. The van der Waals surface area contributed by atoms with Gasteiger partial charge in [-0.2, -0.15) is 0 Å². The fourth-order valence-electron chi connectivity index (χ4n) is 2.15. The molecule has 0 radical (unpaired) electrons. The third-order valence-corrected chi connectivity index (χ3v) is 3.53. The van der Waals surface area contributed by atoms with E-state index in [-0.39, 0.29) is 11.8 Å². The van der Waals surface area contributed by atoms with Crippen molar-refractivity contribution in [3.8, 4) is 0 Å². The summed E-state index contributed by atoms with van der Waals surface area (Å²) in [5.41, 5.74) is 2.12. The minimum Gasteiger partial charge on any atom is -0.349 e. The summed E-state index contributed by atoms with van der Waals surface area (Å²) in [6, 6.07) is 16.9. The zero-order chi connectivity index (χ0) is 16.1. The van der Waals surface area contributed by atoms with Crippen molar-refractivity contribution in [2.45, 2.75) is 18.9 Å². The number of hydrogen-bond acceptors (Lipinski definition) is 2. The predicted molar refractivity (Wildman–Crippen MR) is 91.0 cm³/mol. The SMILES string of the molecule is O=C(/C=C/c1ccccc1)Nc1cccc(C(=O)NC2CC2)c1. The van der Waals surface area contributed by atoms with Crippen molar-refractivity contribution in [1.29, 1.82) is 0 Å². The summed E-state index contributed by atoms with van der Waals surface area (Å²) in [7, 11) is 0. The van der Waals surface area contributed by atoms with Crippen molar-refractivity contribution in [3.05, 3.63) is 71.8 Å². The Labute approximate surface area is 135 Å². The monoisotopic (exact) mass is 306 g/mol. The Hall–Kier alpha value is -2.88. The zero-order valence-corrected chi connectivity index (χ0v) is 12.7. The average Bonchev–Trinajstić information content (AvgIpc) is 3.38. The van der Waals surface area contributed by atoms with Crippen LogP contribution in [0.5, 0.6) is 0 Å². The molecule has 0 aromatic heterocycles. The number of amides is 2. The number of carbonyl (C=O) groups is 2. The standard InChI is InChI=1S/C19H18N2O2/c22-18(12-9-14-5-2-1-3-6-14)20-17-8-4-7-15(13-17)19(23)21-16-10-11-16/h1-9,12-13,16H,10-11H2,(H,20,22)(H,21,23)/b12-9+. The van der Waals surface area contributed by atoms with Crippen LogP contribution in [0.1, 0.15) is 28.8 Å². The van der Waals surface area contributed by atoms with Gasteiger partial charge in [0.2, 0.25) is 5.91 Å². The first kappa shape index (κ1) is 15.0. The predicted octanol–water partition coefficient (Wildman–Crippen LogP) is 3.23. The number of nitrogens with one attached hydrogen (secondary N) is 2. The van der Waals surface area contributed by atoms with Gasteiger partial charge in [-0.05, 0) is 42.7 Å². The number of anilines is 1. The molecule has 2 N–H and O–H groups in total. The largest absolute Gasteiger partial charge is 0.349 e. The van der Waals surface area contributed by atoms with Gasteiger partial charge in [0, 0.05) is 23.4 Å². The van der Waals surface area contributed by atoms with Crippen LogP contribution in [-0.2, 0) is 4.79 Å². The minimum atomic E-state index is -0.228. The Balaban J connectivity index is 1.61. The van der Waals surface area contributed by atoms with Crippen LogP contribution < -0.4 is 10.6 Å². The molecule has 0 bridgehead atoms. The van der Waals surface area contributed by atoms with Gasteiger partial charge in [-0.1, -0.05) is 36.4 Å². The molecule has 3 rings (SSSR count). The van der Waals surface area contributed by atoms with Crippen molar-refractivity contribution in [2.24, 2.45) is 0 Å². The summed E-state index contributed by atoms with van der Waals surface area (Å²) in [6.45, 7) is 0. The van der Waals surface area contributed by atoms with Crippen LogP contribution in [0.2, 0.25) is 0 Å². The van der Waals surface area contributed by atoms with Gasteiger partial charge in [0.25, 0.3) is 5.91 Å². The first-order chi connectivity index (χ1) is 11.2. The Bertz CT molecular complexity index is 734. The molecule has 1 aliphatic carbocycles. The van der Waals surface area contributed by atoms with E-state index < -0.39 is 0 Å². The fraction of sp³-hybridized carbons (Fsp3) is 0.158. The molecule has 2 amide bonds. The normalized spacial score (nSPS) is 13.7. The molecular weight excluding hydrogens is 288 g/mol. The van der Waals surface area contributed by atoms with Gasteiger partial charge in [0.05, 0.1) is 0 Å². The lowest BCUT2D eigenvalue weighted by Gasteiger charge is -2.06. The molecule has 4 nitrogen and oxygen atoms in total. The maximum Gasteiger partial charge on any atom is 0.251 e. The average molecular weight is 306 g/mol. The highest BCUT2D eigenvalue weighted by atomic mass is 16.2. The van der Waals surface area contributed by atoms with E-state index >= 15 is 0 Å². The van der Waals surface area contributed by atoms with Crippen LogP contribution >= 0.6 is 0 Å². The van der Waals surface area contributed by atoms with Crippen LogP contribution in [0.25, 0.3) is 6.08 Å². The molecular formula is C19H18N2O2. The summed E-state index contributed by atoms with van der Waals surface area (Å²) in [6.07, 6.45) is 5.32. The lowest BCUT2D eigenvalue weighted by molar-refractivity contribution is -0.111. The summed E-state index contributed by atoms with van der Waals surface area (Å²) in [5.74, 6) is -0.322. The molecule has 0 heterocycles. The third kappa shape index (κ3) is 4.54. The van der Waals surface area contributed by atoms with Gasteiger partial charge in [0.15, 0.2) is 0 Å². The lowest BCUT2D eigenvalue weighted by Crippen LogP contribution is -2.25. The molecule has 0 aliphatic heterocycles. The van der Waals surface area contributed by atoms with Gasteiger partial charge < -0.3 is 10.6 Å². The van der Waals surface area contributed by atoms with Crippen molar-refractivity contribution < 1.29 is 9.59 Å². The molecule has 1 fully saturated rings. The van der Waals surface area contributed by atoms with E-state index in [1.54, 1.807) is 30.3 Å². The zero-order valence-electron chi connectivity index (χ0n) is 12.7. The molecule has 116 valence electrons. The topological polar surface area (TPSA) is 58.2 Å². The third-order valence-electron chi connectivity index (χ3n) is 3.53. The molecule has 4 heteroatoms. The number of rotatable bonds is 5. The second kappa shape index (κ2) is 6.92. The molecule has 0 atom stereocenters. The van der Waals surface area contributed by atoms with Crippen LogP contribution in [0, 0.1) is 0 Å². The molecule has 2 aromatic carbocycles. The number of benzene rings is 2. The highest BCUT2D eigenvalue weighted by molar-refractivity contribution is 6.03. The fourth-order valence-corrected chi connectivity index (χ4v) is 2.15. The Morgan fingerprint density at radius 3 is 2.52 bits per heavy atom. The Kier molecular flexibility index (Phi) is 4.52. The molecule has 1 saturated carbocycles. The molecule has 0 saturated heterocycles. The van der Waals surface area contributed by atoms with E-state index in [0.717, 1.165) is 18.4 Å². The smallest absolute Gasteiger partial charge is 0.251 e. The molecule has 0 spiro atoms. The molecule has 1 aliphatic rings. The van der Waals surface area contributed by atoms with E-state index in [1.165, 1.54) is 6.08 Å². The van der Waals surface area contributed by atoms with E-state index in [4.69, 9.17) is 0 Å². The van der Waals surface area contributed by atoms with Gasteiger partial charge in [-0.3, -0.25) is 9.59 Å². The van der Waals surface area contributed by atoms with Gasteiger partial charge >= 0.3 is 0 Å². The first-order valence-electron chi connectivity index (χ1n) is 7.66. The second-order valence-corrected chi connectivity index (χ2v) is 5.56. The van der Waals surface area contributed by atoms with E-state index in [0.29, 0.717) is 17.3 Å². The van der Waals surface area contributed by atoms with Crippen molar-refractivity contribution in [2.75, 3.05) is 5.32 Å². The number of carbonyl (C=O) groups excluding carboxylic acids is 2. The van der Waals surface area contributed by atoms with Crippen LogP contribution in [0.4, 0.5) is 5.69 Å². The van der Waals surface area contributed by atoms with Crippen molar-refractivity contribution in [1.82, 2.24) is 5.32 Å². The summed E-state index contributed by atoms with van der Waals surface area (Å²) in [5, 5.41) is 5.70. The second-order valence-electron chi connectivity index (χ2n) is 5.56. The molecule has 2 aromatic rings. The van der Waals surface area contributed by atoms with E-state index in [9.17, 15) is 9.59 Å². The van der Waals surface area contributed by atoms with Crippen molar-refractivity contribution in [3.63, 3.8) is 0 Å². The Morgan fingerprint density at radius 1 is 1.00 bits per heavy atom. The highest BCUT2D eigenvalue weighted by Crippen LogP contribution is 2.20. The highest BCUT2D eigenvalue weighted by Gasteiger charge is 2.23.